The minimum Gasteiger partial charge on any atom is -0.349 e. The van der Waals surface area contributed by atoms with Crippen LogP contribution in [0.5, 0.6) is 0 Å². The average molecular weight is 341 g/mol. The number of carbonyl (C=O) groups is 1. The van der Waals surface area contributed by atoms with Gasteiger partial charge in [0.05, 0.1) is 6.04 Å². The minimum atomic E-state index is -0.199. The monoisotopic (exact) mass is 340 g/mol. The van der Waals surface area contributed by atoms with Gasteiger partial charge in [-0.25, -0.2) is 4.39 Å². The highest BCUT2D eigenvalue weighted by Crippen LogP contribution is 2.39. The SMILES string of the molecule is Cl.NCC1(CC(=O)NC2CCc3cc(F)ccc32)CCCCC1. The maximum atomic E-state index is 13.3. The molecule has 1 aromatic carbocycles. The van der Waals surface area contributed by atoms with Crippen molar-refractivity contribution in [1.29, 1.82) is 0 Å². The van der Waals surface area contributed by atoms with Crippen molar-refractivity contribution in [3.8, 4) is 0 Å². The molecule has 128 valence electrons. The summed E-state index contributed by atoms with van der Waals surface area (Å²) >= 11 is 0. The second-order valence-electron chi connectivity index (χ2n) is 6.94. The second kappa shape index (κ2) is 7.63. The van der Waals surface area contributed by atoms with Crippen molar-refractivity contribution in [3.05, 3.63) is 35.1 Å². The number of amides is 1. The van der Waals surface area contributed by atoms with Gasteiger partial charge < -0.3 is 11.1 Å². The molecule has 0 radical (unpaired) electrons. The van der Waals surface area contributed by atoms with Crippen LogP contribution in [0.4, 0.5) is 4.39 Å². The Morgan fingerprint density at radius 2 is 2.04 bits per heavy atom. The summed E-state index contributed by atoms with van der Waals surface area (Å²) in [5.41, 5.74) is 8.05. The molecule has 1 fully saturated rings. The van der Waals surface area contributed by atoms with Gasteiger partial charge in [0.2, 0.25) is 5.91 Å². The van der Waals surface area contributed by atoms with Crippen LogP contribution in [0.1, 0.15) is 62.1 Å². The third-order valence-electron chi connectivity index (χ3n) is 5.40. The van der Waals surface area contributed by atoms with E-state index in [-0.39, 0.29) is 35.6 Å². The molecule has 3 rings (SSSR count). The van der Waals surface area contributed by atoms with Crippen molar-refractivity contribution >= 4 is 18.3 Å². The molecule has 3 N–H and O–H groups in total. The van der Waals surface area contributed by atoms with Crippen LogP contribution >= 0.6 is 12.4 Å². The Morgan fingerprint density at radius 3 is 2.74 bits per heavy atom. The summed E-state index contributed by atoms with van der Waals surface area (Å²) in [5, 5.41) is 3.14. The zero-order chi connectivity index (χ0) is 15.6. The van der Waals surface area contributed by atoms with Crippen molar-refractivity contribution in [2.75, 3.05) is 6.54 Å². The van der Waals surface area contributed by atoms with Crippen LogP contribution in [0.2, 0.25) is 0 Å². The molecule has 1 aromatic rings. The van der Waals surface area contributed by atoms with E-state index in [2.05, 4.69) is 5.32 Å². The van der Waals surface area contributed by atoms with E-state index in [0.717, 1.165) is 36.8 Å². The van der Waals surface area contributed by atoms with E-state index in [9.17, 15) is 9.18 Å². The maximum absolute atomic E-state index is 13.3. The van der Waals surface area contributed by atoms with Crippen LogP contribution in [0, 0.1) is 11.2 Å². The topological polar surface area (TPSA) is 55.1 Å². The number of benzene rings is 1. The normalized spacial score (nSPS) is 22.1. The number of nitrogens with two attached hydrogens (primary N) is 1. The van der Waals surface area contributed by atoms with Gasteiger partial charge in [0.1, 0.15) is 5.82 Å². The predicted octanol–water partition coefficient (Wildman–Crippen LogP) is 3.65. The average Bonchev–Trinajstić information content (AvgIpc) is 2.90. The molecular formula is C18H26ClFN2O. The number of rotatable bonds is 4. The third-order valence-corrected chi connectivity index (χ3v) is 5.40. The Bertz CT molecular complexity index is 558. The molecule has 2 aliphatic carbocycles. The van der Waals surface area contributed by atoms with Crippen molar-refractivity contribution < 1.29 is 9.18 Å². The number of hydrogen-bond acceptors (Lipinski definition) is 2. The molecular weight excluding hydrogens is 315 g/mol. The van der Waals surface area contributed by atoms with E-state index in [0.29, 0.717) is 13.0 Å². The molecule has 23 heavy (non-hydrogen) atoms. The van der Waals surface area contributed by atoms with Crippen LogP contribution in [-0.4, -0.2) is 12.5 Å². The molecule has 0 bridgehead atoms. The summed E-state index contributed by atoms with van der Waals surface area (Å²) in [6.45, 7) is 0.590. The summed E-state index contributed by atoms with van der Waals surface area (Å²) < 4.78 is 13.3. The Hall–Kier alpha value is -1.13. The van der Waals surface area contributed by atoms with E-state index >= 15 is 0 Å². The molecule has 0 saturated heterocycles. The van der Waals surface area contributed by atoms with Crippen LogP contribution in [0.25, 0.3) is 0 Å². The number of aryl methyl sites for hydroxylation is 1. The highest BCUT2D eigenvalue weighted by atomic mass is 35.5. The van der Waals surface area contributed by atoms with Crippen LogP contribution < -0.4 is 11.1 Å². The first-order valence-electron chi connectivity index (χ1n) is 8.40. The summed E-state index contributed by atoms with van der Waals surface area (Å²) in [4.78, 5) is 12.5. The van der Waals surface area contributed by atoms with Gasteiger partial charge in [0, 0.05) is 6.42 Å². The first-order valence-corrected chi connectivity index (χ1v) is 8.40. The Balaban J connectivity index is 0.00000192. The zero-order valence-corrected chi connectivity index (χ0v) is 14.3. The Labute approximate surface area is 143 Å². The highest BCUT2D eigenvalue weighted by molar-refractivity contribution is 5.85. The van der Waals surface area contributed by atoms with Gasteiger partial charge in [0.25, 0.3) is 0 Å². The van der Waals surface area contributed by atoms with Gasteiger partial charge in [-0.3, -0.25) is 4.79 Å². The Morgan fingerprint density at radius 1 is 1.30 bits per heavy atom. The fourth-order valence-electron chi connectivity index (χ4n) is 4.08. The molecule has 5 heteroatoms. The molecule has 0 heterocycles. The van der Waals surface area contributed by atoms with Gasteiger partial charge in [-0.2, -0.15) is 0 Å². The summed E-state index contributed by atoms with van der Waals surface area (Å²) in [6, 6.07) is 4.90. The van der Waals surface area contributed by atoms with Gasteiger partial charge in [-0.15, -0.1) is 12.4 Å². The number of hydrogen-bond donors (Lipinski definition) is 2. The molecule has 2 aliphatic rings. The van der Waals surface area contributed by atoms with Crippen LogP contribution in [-0.2, 0) is 11.2 Å². The fraction of sp³-hybridized carbons (Fsp3) is 0.611. The number of nitrogens with one attached hydrogen (secondary N) is 1. The highest BCUT2D eigenvalue weighted by Gasteiger charge is 2.34. The van der Waals surface area contributed by atoms with E-state index in [1.54, 1.807) is 6.07 Å². The van der Waals surface area contributed by atoms with E-state index in [1.807, 2.05) is 6.07 Å². The number of carbonyl (C=O) groups excluding carboxylic acids is 1. The Kier molecular flexibility index (Phi) is 6.04. The number of fused-ring (bicyclic) bond motifs is 1. The van der Waals surface area contributed by atoms with Gasteiger partial charge in [-0.1, -0.05) is 25.3 Å². The molecule has 0 aromatic heterocycles. The maximum Gasteiger partial charge on any atom is 0.221 e. The summed E-state index contributed by atoms with van der Waals surface area (Å²) in [7, 11) is 0. The molecule has 1 atom stereocenters. The van der Waals surface area contributed by atoms with E-state index < -0.39 is 0 Å². The molecule has 3 nitrogen and oxygen atoms in total. The molecule has 1 amide bonds. The summed E-state index contributed by atoms with van der Waals surface area (Å²) in [5.74, 6) is -0.107. The first-order chi connectivity index (χ1) is 10.6. The lowest BCUT2D eigenvalue weighted by atomic mass is 9.71. The fourth-order valence-corrected chi connectivity index (χ4v) is 4.08. The zero-order valence-electron chi connectivity index (χ0n) is 13.4. The van der Waals surface area contributed by atoms with Crippen molar-refractivity contribution in [1.82, 2.24) is 5.32 Å². The van der Waals surface area contributed by atoms with Crippen molar-refractivity contribution in [2.45, 2.75) is 57.4 Å². The standard InChI is InChI=1S/C18H25FN2O.ClH/c19-14-5-6-15-13(10-14)4-7-16(15)21-17(22)11-18(12-20)8-2-1-3-9-18;/h5-6,10,16H,1-4,7-9,11-12,20H2,(H,21,22);1H. The van der Waals surface area contributed by atoms with Gasteiger partial charge in [-0.05, 0) is 60.9 Å². The van der Waals surface area contributed by atoms with Crippen LogP contribution in [0.3, 0.4) is 0 Å². The smallest absolute Gasteiger partial charge is 0.221 e. The minimum absolute atomic E-state index is 0. The van der Waals surface area contributed by atoms with Crippen LogP contribution in [0.15, 0.2) is 18.2 Å². The lowest BCUT2D eigenvalue weighted by Gasteiger charge is -2.36. The molecule has 1 unspecified atom stereocenters. The quantitative estimate of drug-likeness (QED) is 0.879. The second-order valence-corrected chi connectivity index (χ2v) is 6.94. The summed E-state index contributed by atoms with van der Waals surface area (Å²) in [6.07, 6.45) is 7.94. The van der Waals surface area contributed by atoms with Gasteiger partial charge >= 0.3 is 0 Å². The van der Waals surface area contributed by atoms with Crippen molar-refractivity contribution in [3.63, 3.8) is 0 Å². The number of halogens is 2. The lowest BCUT2D eigenvalue weighted by Crippen LogP contribution is -2.39. The lowest BCUT2D eigenvalue weighted by molar-refractivity contribution is -0.124. The third kappa shape index (κ3) is 4.04. The van der Waals surface area contributed by atoms with E-state index in [1.165, 1.54) is 25.3 Å². The predicted molar refractivity (Wildman–Crippen MR) is 92.0 cm³/mol. The molecule has 1 saturated carbocycles. The first kappa shape index (κ1) is 18.2. The largest absolute Gasteiger partial charge is 0.349 e. The molecule has 0 aliphatic heterocycles. The van der Waals surface area contributed by atoms with Crippen molar-refractivity contribution in [2.24, 2.45) is 11.1 Å². The molecule has 0 spiro atoms. The van der Waals surface area contributed by atoms with Gasteiger partial charge in [0.15, 0.2) is 0 Å². The van der Waals surface area contributed by atoms with E-state index in [4.69, 9.17) is 5.73 Å².